The van der Waals surface area contributed by atoms with Gasteiger partial charge in [0, 0.05) is 11.6 Å². The molecular formula is C17H25N3O. The van der Waals surface area contributed by atoms with E-state index in [1.165, 1.54) is 5.56 Å². The van der Waals surface area contributed by atoms with Gasteiger partial charge in [-0.05, 0) is 31.9 Å². The molecule has 2 unspecified atom stereocenters. The Morgan fingerprint density at radius 3 is 2.33 bits per heavy atom. The number of aromatic nitrogens is 2. The molecule has 2 atom stereocenters. The van der Waals surface area contributed by atoms with Crippen molar-refractivity contribution < 1.29 is 4.52 Å². The Morgan fingerprint density at radius 1 is 1.14 bits per heavy atom. The Kier molecular flexibility index (Phi) is 5.12. The molecule has 0 aliphatic carbocycles. The van der Waals surface area contributed by atoms with Gasteiger partial charge in [-0.15, -0.1) is 0 Å². The van der Waals surface area contributed by atoms with Crippen molar-refractivity contribution in [1.29, 1.82) is 0 Å². The molecule has 0 amide bonds. The van der Waals surface area contributed by atoms with Gasteiger partial charge in [0.2, 0.25) is 11.7 Å². The van der Waals surface area contributed by atoms with Crippen LogP contribution in [0.5, 0.6) is 0 Å². The van der Waals surface area contributed by atoms with E-state index in [2.05, 4.69) is 67.4 Å². The summed E-state index contributed by atoms with van der Waals surface area (Å²) in [6.45, 7) is 8.65. The fraction of sp³-hybridized carbons (Fsp3) is 0.529. The molecular weight excluding hydrogens is 262 g/mol. The molecule has 0 bridgehead atoms. The lowest BCUT2D eigenvalue weighted by Gasteiger charge is -2.17. The lowest BCUT2D eigenvalue weighted by molar-refractivity contribution is 0.322. The van der Waals surface area contributed by atoms with Crippen LogP contribution in [0, 0.1) is 0 Å². The summed E-state index contributed by atoms with van der Waals surface area (Å²) < 4.78 is 5.47. The van der Waals surface area contributed by atoms with E-state index in [4.69, 9.17) is 4.52 Å². The molecule has 114 valence electrons. The van der Waals surface area contributed by atoms with Crippen molar-refractivity contribution in [3.8, 4) is 11.4 Å². The first kappa shape index (κ1) is 15.7. The van der Waals surface area contributed by atoms with Crippen LogP contribution in [-0.4, -0.2) is 23.2 Å². The smallest absolute Gasteiger partial charge is 0.231 e. The Hall–Kier alpha value is -1.68. The van der Waals surface area contributed by atoms with Crippen molar-refractivity contribution >= 4 is 0 Å². The topological polar surface area (TPSA) is 51.0 Å². The van der Waals surface area contributed by atoms with E-state index in [1.807, 2.05) is 7.05 Å². The molecule has 0 radical (unpaired) electrons. The molecule has 0 saturated heterocycles. The van der Waals surface area contributed by atoms with Crippen molar-refractivity contribution in [3.63, 3.8) is 0 Å². The quantitative estimate of drug-likeness (QED) is 0.873. The van der Waals surface area contributed by atoms with Crippen molar-refractivity contribution in [2.24, 2.45) is 0 Å². The molecule has 1 N–H and O–H groups in total. The van der Waals surface area contributed by atoms with E-state index >= 15 is 0 Å². The van der Waals surface area contributed by atoms with E-state index in [1.54, 1.807) is 0 Å². The third-order valence-corrected chi connectivity index (χ3v) is 4.09. The van der Waals surface area contributed by atoms with Crippen LogP contribution in [0.1, 0.15) is 57.4 Å². The van der Waals surface area contributed by atoms with Crippen LogP contribution in [0.15, 0.2) is 28.8 Å². The first-order valence-electron chi connectivity index (χ1n) is 7.68. The predicted molar refractivity (Wildman–Crippen MR) is 85.4 cm³/mol. The Bertz CT molecular complexity index is 560. The Morgan fingerprint density at radius 2 is 1.81 bits per heavy atom. The third kappa shape index (κ3) is 3.50. The number of nitrogens with zero attached hydrogens (tertiary/aromatic N) is 2. The maximum absolute atomic E-state index is 5.47. The van der Waals surface area contributed by atoms with Gasteiger partial charge in [0.05, 0.1) is 5.92 Å². The summed E-state index contributed by atoms with van der Waals surface area (Å²) in [5, 5.41) is 7.39. The third-order valence-electron chi connectivity index (χ3n) is 4.09. The minimum Gasteiger partial charge on any atom is -0.339 e. The maximum Gasteiger partial charge on any atom is 0.231 e. The van der Waals surface area contributed by atoms with Gasteiger partial charge < -0.3 is 9.84 Å². The average Bonchev–Trinajstić information content (AvgIpc) is 2.97. The highest BCUT2D eigenvalue weighted by atomic mass is 16.5. The van der Waals surface area contributed by atoms with Crippen LogP contribution in [0.2, 0.25) is 0 Å². The summed E-state index contributed by atoms with van der Waals surface area (Å²) in [6.07, 6.45) is 0.968. The van der Waals surface area contributed by atoms with Crippen molar-refractivity contribution in [2.75, 3.05) is 7.05 Å². The zero-order chi connectivity index (χ0) is 15.4. The van der Waals surface area contributed by atoms with Crippen LogP contribution in [-0.2, 0) is 0 Å². The van der Waals surface area contributed by atoms with Gasteiger partial charge in [-0.25, -0.2) is 0 Å². The molecule has 0 fully saturated rings. The SMILES string of the molecule is CCC(c1nc(-c2ccc(C(C)C)cc2)no1)C(C)NC. The maximum atomic E-state index is 5.47. The second kappa shape index (κ2) is 6.85. The molecule has 2 rings (SSSR count). The molecule has 21 heavy (non-hydrogen) atoms. The van der Waals surface area contributed by atoms with E-state index in [-0.39, 0.29) is 5.92 Å². The summed E-state index contributed by atoms with van der Waals surface area (Å²) >= 11 is 0. The predicted octanol–water partition coefficient (Wildman–Crippen LogP) is 3.96. The normalized spacial score (nSPS) is 14.4. The summed E-state index contributed by atoms with van der Waals surface area (Å²) in [5.41, 5.74) is 2.32. The van der Waals surface area contributed by atoms with Crippen LogP contribution < -0.4 is 5.32 Å². The lowest BCUT2D eigenvalue weighted by atomic mass is 9.98. The Labute approximate surface area is 127 Å². The molecule has 1 aromatic carbocycles. The molecule has 4 nitrogen and oxygen atoms in total. The van der Waals surface area contributed by atoms with Crippen molar-refractivity contribution in [2.45, 2.75) is 52.0 Å². The molecule has 4 heteroatoms. The van der Waals surface area contributed by atoms with Crippen LogP contribution >= 0.6 is 0 Å². The minimum atomic E-state index is 0.242. The van der Waals surface area contributed by atoms with Crippen LogP contribution in [0.4, 0.5) is 0 Å². The van der Waals surface area contributed by atoms with Gasteiger partial charge >= 0.3 is 0 Å². The molecule has 0 aliphatic heterocycles. The summed E-state index contributed by atoms with van der Waals surface area (Å²) in [4.78, 5) is 4.58. The molecule has 1 heterocycles. The summed E-state index contributed by atoms with van der Waals surface area (Å²) in [6, 6.07) is 8.69. The van der Waals surface area contributed by atoms with Gasteiger partial charge in [-0.1, -0.05) is 50.2 Å². The average molecular weight is 287 g/mol. The van der Waals surface area contributed by atoms with E-state index in [9.17, 15) is 0 Å². The van der Waals surface area contributed by atoms with Gasteiger partial charge in [-0.3, -0.25) is 0 Å². The second-order valence-corrected chi connectivity index (χ2v) is 5.83. The highest BCUT2D eigenvalue weighted by molar-refractivity contribution is 5.54. The van der Waals surface area contributed by atoms with E-state index < -0.39 is 0 Å². The molecule has 2 aromatic rings. The molecule has 0 spiro atoms. The summed E-state index contributed by atoms with van der Waals surface area (Å²) in [5.74, 6) is 2.15. The number of benzene rings is 1. The Balaban J connectivity index is 2.22. The van der Waals surface area contributed by atoms with E-state index in [0.717, 1.165) is 12.0 Å². The molecule has 0 aliphatic rings. The number of nitrogens with one attached hydrogen (secondary N) is 1. The zero-order valence-electron chi connectivity index (χ0n) is 13.6. The second-order valence-electron chi connectivity index (χ2n) is 5.83. The fourth-order valence-corrected chi connectivity index (χ4v) is 2.46. The van der Waals surface area contributed by atoms with Crippen LogP contribution in [0.25, 0.3) is 11.4 Å². The minimum absolute atomic E-state index is 0.242. The highest BCUT2D eigenvalue weighted by Gasteiger charge is 2.22. The van der Waals surface area contributed by atoms with Gasteiger partial charge in [0.15, 0.2) is 0 Å². The zero-order valence-corrected chi connectivity index (χ0v) is 13.6. The number of hydrogen-bond acceptors (Lipinski definition) is 4. The van der Waals surface area contributed by atoms with Gasteiger partial charge in [0.25, 0.3) is 0 Å². The first-order chi connectivity index (χ1) is 10.1. The van der Waals surface area contributed by atoms with Crippen molar-refractivity contribution in [1.82, 2.24) is 15.5 Å². The standard InChI is InChI=1S/C17H25N3O/c1-6-15(12(4)18-5)17-19-16(20-21-17)14-9-7-13(8-10-14)11(2)3/h7-12,15,18H,6H2,1-5H3. The highest BCUT2D eigenvalue weighted by Crippen LogP contribution is 2.25. The number of rotatable bonds is 6. The lowest BCUT2D eigenvalue weighted by Crippen LogP contribution is -2.28. The van der Waals surface area contributed by atoms with Gasteiger partial charge in [0.1, 0.15) is 0 Å². The van der Waals surface area contributed by atoms with Gasteiger partial charge in [-0.2, -0.15) is 4.98 Å². The van der Waals surface area contributed by atoms with Crippen molar-refractivity contribution in [3.05, 3.63) is 35.7 Å². The first-order valence-corrected chi connectivity index (χ1v) is 7.68. The fourth-order valence-electron chi connectivity index (χ4n) is 2.46. The van der Waals surface area contributed by atoms with Crippen LogP contribution in [0.3, 0.4) is 0 Å². The molecule has 0 saturated carbocycles. The monoisotopic (exact) mass is 287 g/mol. The largest absolute Gasteiger partial charge is 0.339 e. The summed E-state index contributed by atoms with van der Waals surface area (Å²) in [7, 11) is 1.95. The molecule has 1 aromatic heterocycles. The van der Waals surface area contributed by atoms with E-state index in [0.29, 0.717) is 23.7 Å². The number of likely N-dealkylation sites (N-methyl/N-ethyl adjacent to an activating group) is 1. The number of hydrogen-bond donors (Lipinski definition) is 1.